The molecule has 1 aromatic carbocycles. The number of anilines is 1. The van der Waals surface area contributed by atoms with E-state index < -0.39 is 5.60 Å². The number of rotatable bonds is 5. The zero-order valence-corrected chi connectivity index (χ0v) is 23.5. The van der Waals surface area contributed by atoms with Gasteiger partial charge < -0.3 is 20.3 Å². The Balaban J connectivity index is 1.20. The van der Waals surface area contributed by atoms with E-state index in [2.05, 4.69) is 49.7 Å². The smallest absolute Gasteiger partial charge is 0.410 e. The summed E-state index contributed by atoms with van der Waals surface area (Å²) >= 11 is 0. The first-order valence-electron chi connectivity index (χ1n) is 13.9. The standard InChI is InChI=1S/C30H34N8O3/c1-29(2,3)40-28(39)38-14-13-32-18-24(38)23-10-7-20(15-33-23)25-36-26(37-41-25)30(11-4-12-30)22-8-5-19(6-9-22)21-16-34-27(31)35-17-21/h5-10,15-17,24,32H,4,11-14,18H2,1-3H3,(H2,31,34,35). The third-order valence-corrected chi connectivity index (χ3v) is 7.75. The minimum atomic E-state index is -0.564. The van der Waals surface area contributed by atoms with E-state index in [0.717, 1.165) is 47.2 Å². The second-order valence-electron chi connectivity index (χ2n) is 11.6. The summed E-state index contributed by atoms with van der Waals surface area (Å²) in [5.41, 5.74) is 9.35. The molecule has 3 N–H and O–H groups in total. The molecular weight excluding hydrogens is 520 g/mol. The Labute approximate surface area is 238 Å². The average molecular weight is 555 g/mol. The lowest BCUT2D eigenvalue weighted by Crippen LogP contribution is -2.50. The molecule has 212 valence electrons. The van der Waals surface area contributed by atoms with Gasteiger partial charge in [0.2, 0.25) is 5.95 Å². The number of amides is 1. The first-order chi connectivity index (χ1) is 19.7. The Hall–Kier alpha value is -4.38. The van der Waals surface area contributed by atoms with Crippen LogP contribution >= 0.6 is 0 Å². The van der Waals surface area contributed by atoms with Crippen molar-refractivity contribution in [1.29, 1.82) is 0 Å². The molecule has 1 saturated heterocycles. The molecule has 0 bridgehead atoms. The van der Waals surface area contributed by atoms with E-state index in [0.29, 0.717) is 31.3 Å². The highest BCUT2D eigenvalue weighted by Crippen LogP contribution is 2.48. The Morgan fingerprint density at radius 2 is 1.73 bits per heavy atom. The van der Waals surface area contributed by atoms with Crippen molar-refractivity contribution in [3.63, 3.8) is 0 Å². The van der Waals surface area contributed by atoms with Crippen LogP contribution in [0.2, 0.25) is 0 Å². The lowest BCUT2D eigenvalue weighted by atomic mass is 9.64. The normalized spacial score (nSPS) is 18.5. The van der Waals surface area contributed by atoms with E-state index in [-0.39, 0.29) is 23.5 Å². The molecular formula is C30H34N8O3. The molecule has 11 nitrogen and oxygen atoms in total. The number of nitrogens with one attached hydrogen (secondary N) is 1. The molecule has 4 aromatic rings. The van der Waals surface area contributed by atoms with Gasteiger partial charge in [0, 0.05) is 43.8 Å². The lowest BCUT2D eigenvalue weighted by molar-refractivity contribution is 0.0113. The summed E-state index contributed by atoms with van der Waals surface area (Å²) in [6.07, 6.45) is 7.83. The van der Waals surface area contributed by atoms with Gasteiger partial charge in [0.05, 0.1) is 22.7 Å². The Morgan fingerprint density at radius 1 is 1.02 bits per heavy atom. The van der Waals surface area contributed by atoms with Crippen molar-refractivity contribution in [2.24, 2.45) is 0 Å². The number of hydrogen-bond acceptors (Lipinski definition) is 10. The van der Waals surface area contributed by atoms with Crippen LogP contribution in [0.4, 0.5) is 10.7 Å². The molecule has 0 radical (unpaired) electrons. The molecule has 1 atom stereocenters. The molecule has 41 heavy (non-hydrogen) atoms. The zero-order valence-electron chi connectivity index (χ0n) is 23.5. The number of nitrogen functional groups attached to an aromatic ring is 1. The number of carbonyl (C=O) groups excluding carboxylic acids is 1. The fourth-order valence-corrected chi connectivity index (χ4v) is 5.41. The largest absolute Gasteiger partial charge is 0.444 e. The van der Waals surface area contributed by atoms with E-state index in [4.69, 9.17) is 20.0 Å². The summed E-state index contributed by atoms with van der Waals surface area (Å²) in [6.45, 7) is 7.46. The number of nitrogens with two attached hydrogens (primary N) is 1. The fraction of sp³-hybridized carbons (Fsp3) is 0.400. The van der Waals surface area contributed by atoms with Crippen molar-refractivity contribution in [2.75, 3.05) is 25.4 Å². The second-order valence-corrected chi connectivity index (χ2v) is 11.6. The first-order valence-corrected chi connectivity index (χ1v) is 13.9. The fourth-order valence-electron chi connectivity index (χ4n) is 5.41. The summed E-state index contributed by atoms with van der Waals surface area (Å²) in [4.78, 5) is 32.3. The molecule has 6 rings (SSSR count). The van der Waals surface area contributed by atoms with Gasteiger partial charge in [0.15, 0.2) is 5.82 Å². The van der Waals surface area contributed by atoms with E-state index in [9.17, 15) is 4.79 Å². The van der Waals surface area contributed by atoms with Crippen molar-refractivity contribution in [3.05, 3.63) is 72.1 Å². The maximum atomic E-state index is 12.8. The maximum absolute atomic E-state index is 12.8. The molecule has 4 heterocycles. The Kier molecular flexibility index (Phi) is 6.90. The quantitative estimate of drug-likeness (QED) is 0.361. The van der Waals surface area contributed by atoms with Crippen LogP contribution in [0.1, 0.15) is 63.2 Å². The Morgan fingerprint density at radius 3 is 2.37 bits per heavy atom. The Bertz CT molecular complexity index is 1510. The van der Waals surface area contributed by atoms with Crippen LogP contribution in [-0.2, 0) is 10.2 Å². The van der Waals surface area contributed by atoms with Crippen LogP contribution in [0.25, 0.3) is 22.6 Å². The zero-order chi connectivity index (χ0) is 28.6. The summed E-state index contributed by atoms with van der Waals surface area (Å²) in [5.74, 6) is 1.36. The van der Waals surface area contributed by atoms with Crippen LogP contribution in [0.3, 0.4) is 0 Å². The lowest BCUT2D eigenvalue weighted by Gasteiger charge is -2.39. The van der Waals surface area contributed by atoms with Crippen LogP contribution < -0.4 is 11.1 Å². The molecule has 2 fully saturated rings. The average Bonchev–Trinajstić information content (AvgIpc) is 3.43. The van der Waals surface area contributed by atoms with Gasteiger partial charge >= 0.3 is 6.09 Å². The van der Waals surface area contributed by atoms with Crippen LogP contribution in [0.5, 0.6) is 0 Å². The molecule has 1 amide bonds. The van der Waals surface area contributed by atoms with Gasteiger partial charge in [0.1, 0.15) is 5.60 Å². The number of hydrogen-bond donors (Lipinski definition) is 2. The van der Waals surface area contributed by atoms with Gasteiger partial charge in [-0.05, 0) is 56.9 Å². The highest BCUT2D eigenvalue weighted by atomic mass is 16.6. The van der Waals surface area contributed by atoms with Crippen LogP contribution in [0.15, 0.2) is 59.5 Å². The van der Waals surface area contributed by atoms with E-state index in [1.165, 1.54) is 0 Å². The van der Waals surface area contributed by atoms with Gasteiger partial charge in [-0.2, -0.15) is 4.98 Å². The molecule has 1 saturated carbocycles. The van der Waals surface area contributed by atoms with Gasteiger partial charge in [-0.15, -0.1) is 0 Å². The van der Waals surface area contributed by atoms with Gasteiger partial charge in [-0.1, -0.05) is 35.8 Å². The molecule has 1 unspecified atom stereocenters. The highest BCUT2D eigenvalue weighted by molar-refractivity contribution is 5.69. The maximum Gasteiger partial charge on any atom is 0.410 e. The van der Waals surface area contributed by atoms with Crippen molar-refractivity contribution in [2.45, 2.75) is 57.1 Å². The minimum Gasteiger partial charge on any atom is -0.444 e. The van der Waals surface area contributed by atoms with Crippen molar-refractivity contribution in [1.82, 2.24) is 35.3 Å². The van der Waals surface area contributed by atoms with Gasteiger partial charge in [0.25, 0.3) is 5.89 Å². The molecule has 11 heteroatoms. The van der Waals surface area contributed by atoms with Gasteiger partial charge in [-0.25, -0.2) is 14.8 Å². The predicted octanol–water partition coefficient (Wildman–Crippen LogP) is 4.52. The number of aromatic nitrogens is 5. The summed E-state index contributed by atoms with van der Waals surface area (Å²) in [6, 6.07) is 12.0. The minimum absolute atomic E-state index is 0.230. The van der Waals surface area contributed by atoms with Crippen LogP contribution in [-0.4, -0.2) is 61.3 Å². The summed E-state index contributed by atoms with van der Waals surface area (Å²) in [7, 11) is 0. The summed E-state index contributed by atoms with van der Waals surface area (Å²) in [5, 5.41) is 7.76. The first kappa shape index (κ1) is 26.8. The number of benzene rings is 1. The molecule has 0 spiro atoms. The number of ether oxygens (including phenoxy) is 1. The van der Waals surface area contributed by atoms with Gasteiger partial charge in [-0.3, -0.25) is 9.88 Å². The van der Waals surface area contributed by atoms with Crippen molar-refractivity contribution < 1.29 is 14.1 Å². The molecule has 1 aliphatic heterocycles. The molecule has 1 aliphatic carbocycles. The highest BCUT2D eigenvalue weighted by Gasteiger charge is 2.44. The molecule has 2 aliphatic rings. The SMILES string of the molecule is CC(C)(C)OC(=O)N1CCNCC1c1ccc(-c2nc(C3(c4ccc(-c5cnc(N)nc5)cc4)CCC3)no2)cn1. The number of nitrogens with zero attached hydrogens (tertiary/aromatic N) is 6. The monoisotopic (exact) mass is 554 g/mol. The van der Waals surface area contributed by atoms with E-state index in [1.54, 1.807) is 23.5 Å². The number of pyridine rings is 1. The van der Waals surface area contributed by atoms with E-state index in [1.807, 2.05) is 32.9 Å². The number of carbonyl (C=O) groups is 1. The third-order valence-electron chi connectivity index (χ3n) is 7.75. The second kappa shape index (κ2) is 10.5. The third kappa shape index (κ3) is 5.37. The van der Waals surface area contributed by atoms with Crippen molar-refractivity contribution in [3.8, 4) is 22.6 Å². The predicted molar refractivity (Wildman–Crippen MR) is 153 cm³/mol. The van der Waals surface area contributed by atoms with E-state index >= 15 is 0 Å². The topological polar surface area (TPSA) is 145 Å². The molecule has 3 aromatic heterocycles. The number of piperazine rings is 1. The summed E-state index contributed by atoms with van der Waals surface area (Å²) < 4.78 is 11.4. The van der Waals surface area contributed by atoms with Crippen molar-refractivity contribution >= 4 is 12.0 Å². The van der Waals surface area contributed by atoms with Crippen LogP contribution in [0, 0.1) is 0 Å².